The van der Waals surface area contributed by atoms with Crippen LogP contribution in [0.3, 0.4) is 0 Å². The van der Waals surface area contributed by atoms with Gasteiger partial charge in [0.15, 0.2) is 0 Å². The van der Waals surface area contributed by atoms with Crippen molar-refractivity contribution in [2.45, 2.75) is 19.3 Å². The van der Waals surface area contributed by atoms with Crippen molar-refractivity contribution in [1.82, 2.24) is 9.88 Å². The monoisotopic (exact) mass is 388 g/mol. The van der Waals surface area contributed by atoms with Gasteiger partial charge in [-0.05, 0) is 74.5 Å². The van der Waals surface area contributed by atoms with Gasteiger partial charge in [0.25, 0.3) is 5.91 Å². The Morgan fingerprint density at radius 1 is 0.897 bits per heavy atom. The topological polar surface area (TPSA) is 74.3 Å². The average molecular weight is 388 g/mol. The summed E-state index contributed by atoms with van der Waals surface area (Å²) in [5, 5.41) is 6.73. The fourth-order valence-electron chi connectivity index (χ4n) is 3.58. The maximum absolute atomic E-state index is 12.5. The van der Waals surface area contributed by atoms with E-state index in [9.17, 15) is 9.59 Å². The third-order valence-corrected chi connectivity index (χ3v) is 5.11. The molecule has 1 aliphatic heterocycles. The highest BCUT2D eigenvalue weighted by molar-refractivity contribution is 6.06. The molecule has 6 nitrogen and oxygen atoms in total. The molecule has 2 N–H and O–H groups in total. The first-order chi connectivity index (χ1) is 14.2. The van der Waals surface area contributed by atoms with E-state index in [0.29, 0.717) is 17.8 Å². The minimum atomic E-state index is -0.183. The molecular formula is C23H24N4O2. The predicted octanol–water partition coefficient (Wildman–Crippen LogP) is 3.91. The second-order valence-electron chi connectivity index (χ2n) is 7.33. The number of hydrogen-bond acceptors (Lipinski definition) is 4. The summed E-state index contributed by atoms with van der Waals surface area (Å²) in [5.41, 5.74) is 2.83. The molecule has 0 saturated carbocycles. The smallest absolute Gasteiger partial charge is 0.255 e. The van der Waals surface area contributed by atoms with Crippen LogP contribution in [0.15, 0.2) is 60.8 Å². The fourth-order valence-corrected chi connectivity index (χ4v) is 3.58. The molecule has 1 saturated heterocycles. The van der Waals surface area contributed by atoms with Gasteiger partial charge in [0.1, 0.15) is 0 Å². The number of piperidine rings is 1. The first-order valence-electron chi connectivity index (χ1n) is 9.96. The van der Waals surface area contributed by atoms with Crippen LogP contribution in [0.2, 0.25) is 0 Å². The van der Waals surface area contributed by atoms with Crippen molar-refractivity contribution in [2.24, 2.45) is 0 Å². The lowest BCUT2D eigenvalue weighted by Gasteiger charge is -2.25. The molecule has 2 amide bonds. The van der Waals surface area contributed by atoms with E-state index in [-0.39, 0.29) is 11.8 Å². The molecule has 1 aromatic heterocycles. The zero-order valence-corrected chi connectivity index (χ0v) is 16.2. The number of carbonyl (C=O) groups excluding carboxylic acids is 2. The van der Waals surface area contributed by atoms with Gasteiger partial charge in [0, 0.05) is 28.5 Å². The predicted molar refractivity (Wildman–Crippen MR) is 115 cm³/mol. The van der Waals surface area contributed by atoms with Gasteiger partial charge in [-0.3, -0.25) is 19.5 Å². The van der Waals surface area contributed by atoms with Crippen molar-refractivity contribution in [3.63, 3.8) is 0 Å². The lowest BCUT2D eigenvalue weighted by atomic mass is 10.1. The molecule has 0 atom stereocenters. The molecule has 1 aliphatic rings. The van der Waals surface area contributed by atoms with E-state index in [1.54, 1.807) is 36.5 Å². The van der Waals surface area contributed by atoms with Gasteiger partial charge in [-0.1, -0.05) is 12.5 Å². The molecule has 3 aromatic rings. The van der Waals surface area contributed by atoms with Crippen molar-refractivity contribution in [2.75, 3.05) is 30.3 Å². The van der Waals surface area contributed by atoms with E-state index >= 15 is 0 Å². The molecule has 6 heteroatoms. The standard InChI is InChI=1S/C23H24N4O2/c28-22(16-27-13-2-1-3-14-27)25-19-7-9-20(10-8-19)26-23(29)18-6-11-21-17(15-18)5-4-12-24-21/h4-12,15H,1-3,13-14,16H2,(H,25,28)(H,26,29). The first kappa shape index (κ1) is 19.1. The third kappa shape index (κ3) is 4.97. The van der Waals surface area contributed by atoms with Crippen molar-refractivity contribution >= 4 is 34.1 Å². The first-order valence-corrected chi connectivity index (χ1v) is 9.96. The van der Waals surface area contributed by atoms with Crippen LogP contribution in [0.25, 0.3) is 10.9 Å². The van der Waals surface area contributed by atoms with Gasteiger partial charge < -0.3 is 10.6 Å². The lowest BCUT2D eigenvalue weighted by molar-refractivity contribution is -0.117. The lowest BCUT2D eigenvalue weighted by Crippen LogP contribution is -2.36. The van der Waals surface area contributed by atoms with E-state index in [0.717, 1.165) is 42.5 Å². The van der Waals surface area contributed by atoms with Crippen molar-refractivity contribution in [3.8, 4) is 0 Å². The zero-order chi connectivity index (χ0) is 20.1. The minimum Gasteiger partial charge on any atom is -0.325 e. The molecule has 2 heterocycles. The van der Waals surface area contributed by atoms with Crippen LogP contribution in [0.1, 0.15) is 29.6 Å². The summed E-state index contributed by atoms with van der Waals surface area (Å²) >= 11 is 0. The summed E-state index contributed by atoms with van der Waals surface area (Å²) in [7, 11) is 0. The molecule has 0 unspecified atom stereocenters. The highest BCUT2D eigenvalue weighted by Gasteiger charge is 2.14. The van der Waals surface area contributed by atoms with Gasteiger partial charge in [-0.2, -0.15) is 0 Å². The van der Waals surface area contributed by atoms with Crippen LogP contribution in [0.5, 0.6) is 0 Å². The number of amides is 2. The number of fused-ring (bicyclic) bond motifs is 1. The number of nitrogens with zero attached hydrogens (tertiary/aromatic N) is 2. The maximum Gasteiger partial charge on any atom is 0.255 e. The normalized spacial score (nSPS) is 14.5. The Morgan fingerprint density at radius 3 is 2.38 bits per heavy atom. The average Bonchev–Trinajstić information content (AvgIpc) is 2.75. The van der Waals surface area contributed by atoms with Crippen molar-refractivity contribution in [1.29, 1.82) is 0 Å². The second kappa shape index (κ2) is 8.84. The van der Waals surface area contributed by atoms with Crippen molar-refractivity contribution in [3.05, 3.63) is 66.4 Å². The van der Waals surface area contributed by atoms with Crippen LogP contribution in [-0.4, -0.2) is 41.3 Å². The van der Waals surface area contributed by atoms with Gasteiger partial charge in [0.05, 0.1) is 12.1 Å². The number of rotatable bonds is 5. The number of anilines is 2. The van der Waals surface area contributed by atoms with Gasteiger partial charge in [-0.25, -0.2) is 0 Å². The van der Waals surface area contributed by atoms with E-state index in [4.69, 9.17) is 0 Å². The SMILES string of the molecule is O=C(CN1CCCCC1)Nc1ccc(NC(=O)c2ccc3ncccc3c2)cc1. The Kier molecular flexibility index (Phi) is 5.81. The van der Waals surface area contributed by atoms with E-state index in [2.05, 4.69) is 20.5 Å². The highest BCUT2D eigenvalue weighted by Crippen LogP contribution is 2.17. The van der Waals surface area contributed by atoms with Gasteiger partial charge in [0.2, 0.25) is 5.91 Å². The van der Waals surface area contributed by atoms with Crippen LogP contribution in [-0.2, 0) is 4.79 Å². The van der Waals surface area contributed by atoms with E-state index in [1.807, 2.05) is 24.3 Å². The largest absolute Gasteiger partial charge is 0.325 e. The molecule has 29 heavy (non-hydrogen) atoms. The van der Waals surface area contributed by atoms with Crippen molar-refractivity contribution < 1.29 is 9.59 Å². The molecule has 0 bridgehead atoms. The van der Waals surface area contributed by atoms with Gasteiger partial charge in [-0.15, -0.1) is 0 Å². The molecule has 4 rings (SSSR count). The van der Waals surface area contributed by atoms with Crippen LogP contribution in [0, 0.1) is 0 Å². The Bertz CT molecular complexity index is 1010. The Labute approximate surface area is 169 Å². The summed E-state index contributed by atoms with van der Waals surface area (Å²) in [6.45, 7) is 2.40. The molecule has 1 fully saturated rings. The number of carbonyl (C=O) groups is 2. The number of hydrogen-bond donors (Lipinski definition) is 2. The molecule has 148 valence electrons. The fraction of sp³-hybridized carbons (Fsp3) is 0.261. The number of aromatic nitrogens is 1. The maximum atomic E-state index is 12.5. The molecule has 0 radical (unpaired) electrons. The Balaban J connectivity index is 1.34. The Hall–Kier alpha value is -3.25. The summed E-state index contributed by atoms with van der Waals surface area (Å²) in [5.74, 6) is -0.189. The van der Waals surface area contributed by atoms with Gasteiger partial charge >= 0.3 is 0 Å². The molecular weight excluding hydrogens is 364 g/mol. The molecule has 0 aliphatic carbocycles. The quantitative estimate of drug-likeness (QED) is 0.695. The van der Waals surface area contributed by atoms with Crippen LogP contribution >= 0.6 is 0 Å². The number of benzene rings is 2. The second-order valence-corrected chi connectivity index (χ2v) is 7.33. The zero-order valence-electron chi connectivity index (χ0n) is 16.2. The number of pyridine rings is 1. The van der Waals surface area contributed by atoms with Crippen LogP contribution in [0.4, 0.5) is 11.4 Å². The van der Waals surface area contributed by atoms with E-state index < -0.39 is 0 Å². The number of nitrogens with one attached hydrogen (secondary N) is 2. The summed E-state index contributed by atoms with van der Waals surface area (Å²) < 4.78 is 0. The summed E-state index contributed by atoms with van der Waals surface area (Å²) in [6, 6.07) is 16.4. The summed E-state index contributed by atoms with van der Waals surface area (Å²) in [6.07, 6.45) is 5.31. The number of likely N-dealkylation sites (tertiary alicyclic amines) is 1. The Morgan fingerprint density at radius 2 is 1.62 bits per heavy atom. The third-order valence-electron chi connectivity index (χ3n) is 5.11. The minimum absolute atomic E-state index is 0.00606. The summed E-state index contributed by atoms with van der Waals surface area (Å²) in [4.78, 5) is 31.2. The van der Waals surface area contributed by atoms with E-state index in [1.165, 1.54) is 6.42 Å². The molecule has 0 spiro atoms. The molecule has 2 aromatic carbocycles. The highest BCUT2D eigenvalue weighted by atomic mass is 16.2. The van der Waals surface area contributed by atoms with Crippen LogP contribution < -0.4 is 10.6 Å².